The van der Waals surface area contributed by atoms with E-state index in [-0.39, 0.29) is 11.3 Å². The molecule has 21 heavy (non-hydrogen) atoms. The topological polar surface area (TPSA) is 65.7 Å². The predicted molar refractivity (Wildman–Crippen MR) is 83.9 cm³/mol. The van der Waals surface area contributed by atoms with Crippen LogP contribution in [0.25, 0.3) is 5.95 Å². The molecule has 0 atom stereocenters. The van der Waals surface area contributed by atoms with E-state index in [1.54, 1.807) is 29.4 Å². The molecule has 0 saturated carbocycles. The van der Waals surface area contributed by atoms with Crippen LogP contribution in [0.5, 0.6) is 11.8 Å². The van der Waals surface area contributed by atoms with Crippen molar-refractivity contribution in [3.05, 3.63) is 51.1 Å². The van der Waals surface area contributed by atoms with Crippen molar-refractivity contribution in [2.45, 2.75) is 0 Å². The van der Waals surface area contributed by atoms with Gasteiger partial charge in [0.15, 0.2) is 0 Å². The molecule has 0 aliphatic heterocycles. The van der Waals surface area contributed by atoms with Crippen LogP contribution in [-0.4, -0.2) is 24.5 Å². The van der Waals surface area contributed by atoms with Gasteiger partial charge in [-0.15, -0.1) is 0 Å². The van der Waals surface area contributed by atoms with Crippen LogP contribution < -0.4 is 4.74 Å². The number of halogens is 3. The molecule has 6 nitrogen and oxygen atoms in total. The maximum atomic E-state index is 5.90. The number of benzene rings is 1. The van der Waals surface area contributed by atoms with Crippen LogP contribution >= 0.6 is 43.5 Å². The minimum Gasteiger partial charge on any atom is -0.423 e. The smallest absolute Gasteiger partial charge is 0.328 e. The van der Waals surface area contributed by atoms with Gasteiger partial charge in [0.05, 0.1) is 4.47 Å². The zero-order valence-electron chi connectivity index (χ0n) is 10.2. The van der Waals surface area contributed by atoms with Crippen molar-refractivity contribution in [2.24, 2.45) is 0 Å². The minimum atomic E-state index is 0.0388. The summed E-state index contributed by atoms with van der Waals surface area (Å²) in [6, 6.07) is 5.58. The van der Waals surface area contributed by atoms with E-state index < -0.39 is 0 Å². The van der Waals surface area contributed by atoms with Crippen molar-refractivity contribution in [2.75, 3.05) is 0 Å². The molecule has 9 heteroatoms. The van der Waals surface area contributed by atoms with Crippen LogP contribution in [0.2, 0.25) is 5.28 Å². The summed E-state index contributed by atoms with van der Waals surface area (Å²) in [4.78, 5) is 16.1. The first kappa shape index (κ1) is 14.4. The number of rotatable bonds is 3. The van der Waals surface area contributed by atoms with E-state index in [9.17, 15) is 0 Å². The molecule has 0 aliphatic carbocycles. The third-order valence-electron chi connectivity index (χ3n) is 2.41. The van der Waals surface area contributed by atoms with Crippen molar-refractivity contribution in [1.29, 1.82) is 0 Å². The SMILES string of the molecule is Clc1nc(Oc2ccc(Br)cc2Br)nc(-n2ccnc2)n1. The molecule has 0 aliphatic rings. The largest absolute Gasteiger partial charge is 0.423 e. The van der Waals surface area contributed by atoms with Crippen LogP contribution in [0.1, 0.15) is 0 Å². The van der Waals surface area contributed by atoms with Crippen LogP contribution in [-0.2, 0) is 0 Å². The quantitative estimate of drug-likeness (QED) is 0.627. The van der Waals surface area contributed by atoms with Crippen molar-refractivity contribution in [3.8, 4) is 17.7 Å². The highest BCUT2D eigenvalue weighted by Crippen LogP contribution is 2.31. The Labute approximate surface area is 141 Å². The van der Waals surface area contributed by atoms with E-state index in [1.807, 2.05) is 12.1 Å². The lowest BCUT2D eigenvalue weighted by atomic mass is 10.3. The van der Waals surface area contributed by atoms with Gasteiger partial charge in [0.25, 0.3) is 0 Å². The zero-order valence-corrected chi connectivity index (χ0v) is 14.2. The number of ether oxygens (including phenoxy) is 1. The molecule has 0 unspecified atom stereocenters. The first-order valence-electron chi connectivity index (χ1n) is 5.64. The van der Waals surface area contributed by atoms with Crippen molar-refractivity contribution >= 4 is 43.5 Å². The lowest BCUT2D eigenvalue weighted by Gasteiger charge is -2.07. The van der Waals surface area contributed by atoms with Gasteiger partial charge in [0.1, 0.15) is 12.1 Å². The molecular formula is C12H6Br2ClN5O. The van der Waals surface area contributed by atoms with Gasteiger partial charge >= 0.3 is 6.01 Å². The summed E-state index contributed by atoms with van der Waals surface area (Å²) in [6.45, 7) is 0. The second kappa shape index (κ2) is 6.08. The van der Waals surface area contributed by atoms with Gasteiger partial charge in [0.2, 0.25) is 11.2 Å². The highest BCUT2D eigenvalue weighted by atomic mass is 79.9. The second-order valence-corrected chi connectivity index (χ2v) is 5.94. The molecule has 0 saturated heterocycles. The van der Waals surface area contributed by atoms with Crippen LogP contribution in [0.3, 0.4) is 0 Å². The van der Waals surface area contributed by atoms with E-state index >= 15 is 0 Å². The Morgan fingerprint density at radius 1 is 1.14 bits per heavy atom. The summed E-state index contributed by atoms with van der Waals surface area (Å²) >= 11 is 12.7. The maximum Gasteiger partial charge on any atom is 0.328 e. The molecule has 0 fully saturated rings. The Bertz CT molecular complexity index is 781. The van der Waals surface area contributed by atoms with Crippen molar-refractivity contribution in [1.82, 2.24) is 24.5 Å². The first-order valence-corrected chi connectivity index (χ1v) is 7.61. The first-order chi connectivity index (χ1) is 10.1. The van der Waals surface area contributed by atoms with Crippen molar-refractivity contribution in [3.63, 3.8) is 0 Å². The monoisotopic (exact) mass is 429 g/mol. The fraction of sp³-hybridized carbons (Fsp3) is 0. The lowest BCUT2D eigenvalue weighted by Crippen LogP contribution is -2.03. The number of nitrogens with zero attached hydrogens (tertiary/aromatic N) is 5. The van der Waals surface area contributed by atoms with Gasteiger partial charge in [0, 0.05) is 16.9 Å². The summed E-state index contributed by atoms with van der Waals surface area (Å²) in [5.74, 6) is 0.896. The Hall–Kier alpha value is -1.51. The summed E-state index contributed by atoms with van der Waals surface area (Å²) in [5.41, 5.74) is 0. The Kier molecular flexibility index (Phi) is 4.18. The number of hydrogen-bond donors (Lipinski definition) is 0. The van der Waals surface area contributed by atoms with E-state index in [2.05, 4.69) is 51.8 Å². The Balaban J connectivity index is 1.95. The predicted octanol–water partition coefficient (Wildman–Crippen LogP) is 4.03. The van der Waals surface area contributed by atoms with Gasteiger partial charge in [-0.2, -0.15) is 15.0 Å². The fourth-order valence-corrected chi connectivity index (χ4v) is 2.79. The summed E-state index contributed by atoms with van der Waals surface area (Å²) in [6.07, 6.45) is 4.87. The Morgan fingerprint density at radius 2 is 2.00 bits per heavy atom. The average molecular weight is 431 g/mol. The molecule has 3 rings (SSSR count). The molecule has 0 bridgehead atoms. The van der Waals surface area contributed by atoms with Gasteiger partial charge in [-0.1, -0.05) is 15.9 Å². The number of imidazole rings is 1. The molecule has 3 aromatic rings. The van der Waals surface area contributed by atoms with E-state index in [4.69, 9.17) is 16.3 Å². The molecule has 0 radical (unpaired) electrons. The third kappa shape index (κ3) is 3.39. The highest BCUT2D eigenvalue weighted by Gasteiger charge is 2.10. The molecule has 0 spiro atoms. The molecule has 2 aromatic heterocycles. The van der Waals surface area contributed by atoms with Crippen LogP contribution in [0.4, 0.5) is 0 Å². The maximum absolute atomic E-state index is 5.90. The standard InChI is InChI=1S/C12H6Br2ClN5O/c13-7-1-2-9(8(14)5-7)21-12-18-10(15)17-11(19-12)20-4-3-16-6-20/h1-6H. The lowest BCUT2D eigenvalue weighted by molar-refractivity contribution is 0.435. The summed E-state index contributed by atoms with van der Waals surface area (Å²) in [5, 5.41) is 0.0388. The molecule has 2 heterocycles. The van der Waals surface area contributed by atoms with Crippen LogP contribution in [0.15, 0.2) is 45.9 Å². The molecule has 0 N–H and O–H groups in total. The highest BCUT2D eigenvalue weighted by molar-refractivity contribution is 9.11. The Morgan fingerprint density at radius 3 is 2.71 bits per heavy atom. The molecule has 106 valence electrons. The normalized spacial score (nSPS) is 10.6. The van der Waals surface area contributed by atoms with Crippen molar-refractivity contribution < 1.29 is 4.74 Å². The summed E-state index contributed by atoms with van der Waals surface area (Å²) in [7, 11) is 0. The minimum absolute atomic E-state index is 0.0388. The second-order valence-electron chi connectivity index (χ2n) is 3.83. The molecular weight excluding hydrogens is 425 g/mol. The average Bonchev–Trinajstić information content (AvgIpc) is 2.95. The summed E-state index contributed by atoms with van der Waals surface area (Å²) < 4.78 is 8.93. The fourth-order valence-electron chi connectivity index (χ4n) is 1.52. The molecule has 1 aromatic carbocycles. The van der Waals surface area contributed by atoms with Gasteiger partial charge in [-0.05, 0) is 45.7 Å². The third-order valence-corrected chi connectivity index (χ3v) is 3.69. The number of hydrogen-bond acceptors (Lipinski definition) is 5. The number of aromatic nitrogens is 5. The molecule has 0 amide bonds. The van der Waals surface area contributed by atoms with Gasteiger partial charge in [-0.3, -0.25) is 4.57 Å². The van der Waals surface area contributed by atoms with E-state index in [0.29, 0.717) is 11.7 Å². The van der Waals surface area contributed by atoms with Gasteiger partial charge in [-0.25, -0.2) is 4.98 Å². The van der Waals surface area contributed by atoms with E-state index in [1.165, 1.54) is 0 Å². The van der Waals surface area contributed by atoms with Gasteiger partial charge < -0.3 is 4.74 Å². The van der Waals surface area contributed by atoms with E-state index in [0.717, 1.165) is 8.95 Å². The van der Waals surface area contributed by atoms with Crippen LogP contribution in [0, 0.1) is 0 Å². The zero-order chi connectivity index (χ0) is 14.8.